The Kier molecular flexibility index (Phi) is 6.82. The highest BCUT2D eigenvalue weighted by Gasteiger charge is 2.46. The molecule has 7 aromatic carbocycles. The molecule has 0 radical (unpaired) electrons. The van der Waals surface area contributed by atoms with Crippen molar-refractivity contribution in [2.75, 3.05) is 0 Å². The van der Waals surface area contributed by atoms with Crippen LogP contribution >= 0.6 is 0 Å². The minimum absolute atomic E-state index is 0.0801. The van der Waals surface area contributed by atoms with E-state index >= 15 is 0 Å². The molecule has 0 saturated carbocycles. The van der Waals surface area contributed by atoms with Crippen LogP contribution in [0, 0.1) is 0 Å². The molecule has 1 heterocycles. The van der Waals surface area contributed by atoms with E-state index in [1.165, 1.54) is 54.9 Å². The van der Waals surface area contributed by atoms with Gasteiger partial charge >= 0.3 is 0 Å². The molecule has 50 heavy (non-hydrogen) atoms. The van der Waals surface area contributed by atoms with Gasteiger partial charge in [0.25, 0.3) is 0 Å². The second-order valence-corrected chi connectivity index (χ2v) is 14.5. The summed E-state index contributed by atoms with van der Waals surface area (Å²) in [7, 11) is 0. The first-order chi connectivity index (χ1) is 24.3. The Balaban J connectivity index is 1.15. The van der Waals surface area contributed by atoms with Gasteiger partial charge in [0.1, 0.15) is 0 Å². The van der Waals surface area contributed by atoms with E-state index in [0.717, 1.165) is 16.7 Å². The van der Waals surface area contributed by atoms with E-state index in [2.05, 4.69) is 119 Å². The molecule has 8 aromatic rings. The number of rotatable bonds is 4. The topological polar surface area (TPSA) is 38.7 Å². The van der Waals surface area contributed by atoms with Gasteiger partial charge in [-0.3, -0.25) is 0 Å². The Bertz CT molecular complexity index is 2510. The van der Waals surface area contributed by atoms with Crippen LogP contribution in [0.3, 0.4) is 0 Å². The Morgan fingerprint density at radius 1 is 0.360 bits per heavy atom. The average Bonchev–Trinajstić information content (AvgIpc) is 3.17. The molecule has 0 fully saturated rings. The maximum Gasteiger partial charge on any atom is 0.164 e. The average molecular weight is 644 g/mol. The van der Waals surface area contributed by atoms with Crippen LogP contribution in [0.1, 0.15) is 38.8 Å². The van der Waals surface area contributed by atoms with E-state index < -0.39 is 0 Å². The highest BCUT2D eigenvalue weighted by molar-refractivity contribution is 6.13. The molecule has 3 heteroatoms. The van der Waals surface area contributed by atoms with Crippen LogP contribution in [-0.2, 0) is 10.8 Å². The van der Waals surface area contributed by atoms with E-state index in [1.54, 1.807) is 0 Å². The second-order valence-electron chi connectivity index (χ2n) is 14.5. The van der Waals surface area contributed by atoms with Crippen LogP contribution in [0.2, 0.25) is 0 Å². The van der Waals surface area contributed by atoms with E-state index in [0.29, 0.717) is 17.5 Å². The van der Waals surface area contributed by atoms with Crippen LogP contribution in [0.15, 0.2) is 152 Å². The van der Waals surface area contributed by atoms with Crippen LogP contribution in [0.25, 0.3) is 78.0 Å². The van der Waals surface area contributed by atoms with Crippen molar-refractivity contribution >= 4 is 21.5 Å². The quantitative estimate of drug-likeness (QED) is 0.179. The van der Waals surface area contributed by atoms with Gasteiger partial charge < -0.3 is 0 Å². The van der Waals surface area contributed by atoms with E-state index in [-0.39, 0.29) is 10.8 Å². The normalized spacial score (nSPS) is 14.3. The van der Waals surface area contributed by atoms with Crippen molar-refractivity contribution in [1.29, 1.82) is 0 Å². The van der Waals surface area contributed by atoms with E-state index in [1.807, 2.05) is 60.7 Å². The van der Waals surface area contributed by atoms with Crippen molar-refractivity contribution in [2.24, 2.45) is 0 Å². The molecule has 240 valence electrons. The van der Waals surface area contributed by atoms with Gasteiger partial charge in [-0.25, -0.2) is 15.0 Å². The number of aromatic nitrogens is 3. The Morgan fingerprint density at radius 2 is 0.860 bits per heavy atom. The summed E-state index contributed by atoms with van der Waals surface area (Å²) in [4.78, 5) is 14.7. The smallest absolute Gasteiger partial charge is 0.164 e. The van der Waals surface area contributed by atoms with Crippen molar-refractivity contribution in [2.45, 2.75) is 38.5 Å². The number of hydrogen-bond acceptors (Lipinski definition) is 3. The molecule has 0 atom stereocenters. The SMILES string of the molecule is CC1(C)c2cc(-c3ccc(-c4nc(-c5ccccc5)nc(-c5ccccc5)n4)cc3)ccc2-c2c(ccc3c2ccc2ccccc23)C1(C)C. The van der Waals surface area contributed by atoms with Crippen molar-refractivity contribution in [3.8, 4) is 56.4 Å². The fraction of sp³-hybridized carbons (Fsp3) is 0.128. The fourth-order valence-electron chi connectivity index (χ4n) is 7.78. The highest BCUT2D eigenvalue weighted by Crippen LogP contribution is 2.56. The summed E-state index contributed by atoms with van der Waals surface area (Å²) < 4.78 is 0. The molecular formula is C47H37N3. The Hall–Kier alpha value is -5.93. The van der Waals surface area contributed by atoms with E-state index in [4.69, 9.17) is 15.0 Å². The van der Waals surface area contributed by atoms with Crippen molar-refractivity contribution in [1.82, 2.24) is 15.0 Å². The molecule has 0 N–H and O–H groups in total. The molecular weight excluding hydrogens is 607 g/mol. The van der Waals surface area contributed by atoms with Gasteiger partial charge in [-0.05, 0) is 71.8 Å². The lowest BCUT2D eigenvalue weighted by Gasteiger charge is -2.48. The molecule has 0 saturated heterocycles. The van der Waals surface area contributed by atoms with Gasteiger partial charge in [0.15, 0.2) is 17.5 Å². The molecule has 1 aliphatic rings. The Morgan fingerprint density at radius 3 is 1.50 bits per heavy atom. The lowest BCUT2D eigenvalue weighted by atomic mass is 9.55. The van der Waals surface area contributed by atoms with Crippen molar-refractivity contribution in [3.63, 3.8) is 0 Å². The molecule has 0 aliphatic heterocycles. The molecule has 0 spiro atoms. The summed E-state index contributed by atoms with van der Waals surface area (Å²) in [6, 6.07) is 54.0. The van der Waals surface area contributed by atoms with Gasteiger partial charge in [-0.1, -0.05) is 173 Å². The van der Waals surface area contributed by atoms with Gasteiger partial charge in [-0.2, -0.15) is 0 Å². The molecule has 3 nitrogen and oxygen atoms in total. The standard InChI is InChI=1S/C47H37N3/c1-46(2)40-28-27-37-36-18-12-11-13-31(36)23-25-38(37)42(40)39-26-24-35(29-41(39)47(46,3)4)30-19-21-34(22-20-30)45-49-43(32-14-7-5-8-15-32)48-44(50-45)33-16-9-6-10-17-33/h5-29H,1-4H3. The first kappa shape index (κ1) is 30.2. The number of fused-ring (bicyclic) bond motifs is 7. The minimum Gasteiger partial charge on any atom is -0.208 e. The summed E-state index contributed by atoms with van der Waals surface area (Å²) in [5.41, 5.74) is 10.6. The largest absolute Gasteiger partial charge is 0.208 e. The number of nitrogens with zero attached hydrogens (tertiary/aromatic N) is 3. The molecule has 0 amide bonds. The fourth-order valence-corrected chi connectivity index (χ4v) is 7.78. The lowest BCUT2D eigenvalue weighted by molar-refractivity contribution is 0.299. The third-order valence-electron chi connectivity index (χ3n) is 11.3. The summed E-state index contributed by atoms with van der Waals surface area (Å²) in [5.74, 6) is 1.99. The summed E-state index contributed by atoms with van der Waals surface area (Å²) in [6.45, 7) is 9.62. The summed E-state index contributed by atoms with van der Waals surface area (Å²) in [6.07, 6.45) is 0. The van der Waals surface area contributed by atoms with Crippen LogP contribution in [0.5, 0.6) is 0 Å². The maximum atomic E-state index is 4.94. The first-order valence-corrected chi connectivity index (χ1v) is 17.4. The van der Waals surface area contributed by atoms with Crippen molar-refractivity contribution in [3.05, 3.63) is 163 Å². The minimum atomic E-state index is -0.0949. The third kappa shape index (κ3) is 4.69. The molecule has 0 unspecified atom stereocenters. The van der Waals surface area contributed by atoms with Gasteiger partial charge in [-0.15, -0.1) is 0 Å². The zero-order valence-corrected chi connectivity index (χ0v) is 28.8. The van der Waals surface area contributed by atoms with Crippen LogP contribution < -0.4 is 0 Å². The predicted molar refractivity (Wildman–Crippen MR) is 208 cm³/mol. The first-order valence-electron chi connectivity index (χ1n) is 17.4. The molecule has 0 bridgehead atoms. The zero-order valence-electron chi connectivity index (χ0n) is 28.8. The predicted octanol–water partition coefficient (Wildman–Crippen LogP) is 12.1. The van der Waals surface area contributed by atoms with Gasteiger partial charge in [0, 0.05) is 16.7 Å². The lowest BCUT2D eigenvalue weighted by Crippen LogP contribution is -2.43. The molecule has 9 rings (SSSR count). The summed E-state index contributed by atoms with van der Waals surface area (Å²) >= 11 is 0. The van der Waals surface area contributed by atoms with Crippen molar-refractivity contribution < 1.29 is 0 Å². The number of benzene rings is 7. The van der Waals surface area contributed by atoms with Crippen LogP contribution in [-0.4, -0.2) is 15.0 Å². The molecule has 1 aliphatic carbocycles. The monoisotopic (exact) mass is 643 g/mol. The summed E-state index contributed by atoms with van der Waals surface area (Å²) in [5, 5.41) is 5.22. The Labute approximate surface area is 293 Å². The zero-order chi connectivity index (χ0) is 34.0. The highest BCUT2D eigenvalue weighted by atomic mass is 15.0. The maximum absolute atomic E-state index is 4.94. The van der Waals surface area contributed by atoms with E-state index in [9.17, 15) is 0 Å². The van der Waals surface area contributed by atoms with Crippen LogP contribution in [0.4, 0.5) is 0 Å². The molecule has 1 aromatic heterocycles. The van der Waals surface area contributed by atoms with Gasteiger partial charge in [0.2, 0.25) is 0 Å². The second kappa shape index (κ2) is 11.3. The van der Waals surface area contributed by atoms with Gasteiger partial charge in [0.05, 0.1) is 0 Å². The third-order valence-corrected chi connectivity index (χ3v) is 11.3. The number of hydrogen-bond donors (Lipinski definition) is 0.